The highest BCUT2D eigenvalue weighted by Gasteiger charge is 2.20. The van der Waals surface area contributed by atoms with Crippen molar-refractivity contribution in [3.63, 3.8) is 0 Å². The molecular formula is C17H26ClN5O. The van der Waals surface area contributed by atoms with Crippen LogP contribution in [-0.4, -0.2) is 62.6 Å². The summed E-state index contributed by atoms with van der Waals surface area (Å²) < 4.78 is 0. The summed E-state index contributed by atoms with van der Waals surface area (Å²) in [5.41, 5.74) is 1.14. The largest absolute Gasteiger partial charge is 0.368 e. The number of hydrogen-bond donors (Lipinski definition) is 2. The van der Waals surface area contributed by atoms with E-state index in [-0.39, 0.29) is 12.5 Å². The van der Waals surface area contributed by atoms with Gasteiger partial charge in [-0.25, -0.2) is 4.99 Å². The summed E-state index contributed by atoms with van der Waals surface area (Å²) in [6.07, 6.45) is 0. The molecule has 132 valence electrons. The van der Waals surface area contributed by atoms with Crippen molar-refractivity contribution in [1.29, 1.82) is 0 Å². The number of carbonyl (C=O) groups is 1. The topological polar surface area (TPSA) is 60.0 Å². The van der Waals surface area contributed by atoms with E-state index in [1.807, 2.05) is 32.0 Å². The Hall–Kier alpha value is -1.95. The predicted octanol–water partition coefficient (Wildman–Crippen LogP) is 1.56. The van der Waals surface area contributed by atoms with E-state index < -0.39 is 0 Å². The van der Waals surface area contributed by atoms with Gasteiger partial charge in [0.15, 0.2) is 5.96 Å². The van der Waals surface area contributed by atoms with E-state index >= 15 is 0 Å². The molecule has 1 saturated heterocycles. The molecule has 0 aromatic heterocycles. The molecule has 24 heavy (non-hydrogen) atoms. The molecule has 0 spiro atoms. The Morgan fingerprint density at radius 1 is 1.17 bits per heavy atom. The van der Waals surface area contributed by atoms with Gasteiger partial charge in [0.2, 0.25) is 5.91 Å². The number of benzene rings is 1. The van der Waals surface area contributed by atoms with Gasteiger partial charge in [-0.05, 0) is 32.0 Å². The van der Waals surface area contributed by atoms with Gasteiger partial charge in [-0.1, -0.05) is 17.7 Å². The predicted molar refractivity (Wildman–Crippen MR) is 99.9 cm³/mol. The molecule has 1 fully saturated rings. The van der Waals surface area contributed by atoms with Crippen molar-refractivity contribution >= 4 is 29.2 Å². The van der Waals surface area contributed by atoms with Gasteiger partial charge in [0, 0.05) is 50.0 Å². The van der Waals surface area contributed by atoms with Crippen LogP contribution in [0.15, 0.2) is 29.3 Å². The Morgan fingerprint density at radius 3 is 2.50 bits per heavy atom. The summed E-state index contributed by atoms with van der Waals surface area (Å²) in [6.45, 7) is 9.00. The third-order valence-corrected chi connectivity index (χ3v) is 4.07. The molecule has 1 aliphatic heterocycles. The minimum Gasteiger partial charge on any atom is -0.368 e. The first-order valence-electron chi connectivity index (χ1n) is 8.44. The maximum atomic E-state index is 11.6. The molecule has 2 rings (SSSR count). The van der Waals surface area contributed by atoms with E-state index in [4.69, 9.17) is 11.6 Å². The summed E-state index contributed by atoms with van der Waals surface area (Å²) in [7, 11) is 0. The van der Waals surface area contributed by atoms with Crippen LogP contribution in [0, 0.1) is 0 Å². The molecule has 0 radical (unpaired) electrons. The van der Waals surface area contributed by atoms with Gasteiger partial charge in [0.1, 0.15) is 6.54 Å². The summed E-state index contributed by atoms with van der Waals surface area (Å²) in [5, 5.41) is 6.79. The highest BCUT2D eigenvalue weighted by molar-refractivity contribution is 6.30. The third kappa shape index (κ3) is 5.30. The molecule has 0 saturated carbocycles. The van der Waals surface area contributed by atoms with Crippen molar-refractivity contribution in [2.75, 3.05) is 50.7 Å². The highest BCUT2D eigenvalue weighted by Crippen LogP contribution is 2.20. The number of halogens is 1. The smallest absolute Gasteiger partial charge is 0.241 e. The van der Waals surface area contributed by atoms with Crippen LogP contribution in [0.3, 0.4) is 0 Å². The lowest BCUT2D eigenvalue weighted by molar-refractivity contribution is -0.119. The summed E-state index contributed by atoms with van der Waals surface area (Å²) in [4.78, 5) is 20.6. The number of nitrogens with zero attached hydrogens (tertiary/aromatic N) is 3. The molecular weight excluding hydrogens is 326 g/mol. The van der Waals surface area contributed by atoms with Gasteiger partial charge in [0.25, 0.3) is 0 Å². The number of piperazine rings is 1. The second kappa shape index (κ2) is 9.37. The standard InChI is InChI=1S/C17H26ClN5O/c1-3-19-16(24)13-21-17(20-4-2)23-10-8-22(9-11-23)15-7-5-6-14(18)12-15/h5-7,12H,3-4,8-11,13H2,1-2H3,(H,19,24)(H,20,21). The van der Waals surface area contributed by atoms with Gasteiger partial charge >= 0.3 is 0 Å². The number of hydrogen-bond acceptors (Lipinski definition) is 3. The lowest BCUT2D eigenvalue weighted by Crippen LogP contribution is -2.52. The SMILES string of the molecule is CCNC(=O)CN=C(NCC)N1CCN(c2cccc(Cl)c2)CC1. The summed E-state index contributed by atoms with van der Waals surface area (Å²) in [6, 6.07) is 7.93. The molecule has 7 heteroatoms. The quantitative estimate of drug-likeness (QED) is 0.624. The second-order valence-corrected chi connectivity index (χ2v) is 6.01. The first-order valence-corrected chi connectivity index (χ1v) is 8.82. The third-order valence-electron chi connectivity index (χ3n) is 3.83. The maximum Gasteiger partial charge on any atom is 0.241 e. The fraction of sp³-hybridized carbons (Fsp3) is 0.529. The van der Waals surface area contributed by atoms with Crippen LogP contribution in [0.2, 0.25) is 5.02 Å². The van der Waals surface area contributed by atoms with Crippen LogP contribution >= 0.6 is 11.6 Å². The number of nitrogens with one attached hydrogen (secondary N) is 2. The Labute approximate surface area is 148 Å². The van der Waals surface area contributed by atoms with E-state index in [1.165, 1.54) is 0 Å². The Bertz CT molecular complexity index is 570. The Morgan fingerprint density at radius 2 is 1.88 bits per heavy atom. The summed E-state index contributed by atoms with van der Waals surface area (Å²) in [5.74, 6) is 0.750. The van der Waals surface area contributed by atoms with Gasteiger partial charge in [-0.15, -0.1) is 0 Å². The van der Waals surface area contributed by atoms with Crippen molar-refractivity contribution in [2.24, 2.45) is 4.99 Å². The van der Waals surface area contributed by atoms with E-state index in [0.29, 0.717) is 6.54 Å². The number of carbonyl (C=O) groups excluding carboxylic acids is 1. The van der Waals surface area contributed by atoms with E-state index in [0.717, 1.165) is 49.4 Å². The lowest BCUT2D eigenvalue weighted by Gasteiger charge is -2.37. The van der Waals surface area contributed by atoms with E-state index in [9.17, 15) is 4.79 Å². The lowest BCUT2D eigenvalue weighted by atomic mass is 10.2. The van der Waals surface area contributed by atoms with Crippen LogP contribution in [0.1, 0.15) is 13.8 Å². The van der Waals surface area contributed by atoms with Gasteiger partial charge in [-0.2, -0.15) is 0 Å². The second-order valence-electron chi connectivity index (χ2n) is 5.58. The van der Waals surface area contributed by atoms with Gasteiger partial charge < -0.3 is 20.4 Å². The zero-order valence-corrected chi connectivity index (χ0v) is 15.1. The molecule has 6 nitrogen and oxygen atoms in total. The average molecular weight is 352 g/mol. The minimum atomic E-state index is -0.0505. The van der Waals surface area contributed by atoms with Gasteiger partial charge in [-0.3, -0.25) is 4.79 Å². The fourth-order valence-electron chi connectivity index (χ4n) is 2.67. The molecule has 1 aromatic carbocycles. The average Bonchev–Trinajstić information content (AvgIpc) is 2.59. The minimum absolute atomic E-state index is 0.0505. The fourth-order valence-corrected chi connectivity index (χ4v) is 2.86. The molecule has 1 aromatic rings. The number of aliphatic imine (C=N–C) groups is 1. The summed E-state index contributed by atoms with van der Waals surface area (Å²) >= 11 is 6.08. The van der Waals surface area contributed by atoms with Crippen LogP contribution in [0.5, 0.6) is 0 Å². The van der Waals surface area contributed by atoms with Gasteiger partial charge in [0.05, 0.1) is 0 Å². The van der Waals surface area contributed by atoms with Crippen LogP contribution in [-0.2, 0) is 4.79 Å². The zero-order valence-electron chi connectivity index (χ0n) is 14.4. The molecule has 0 unspecified atom stereocenters. The number of rotatable bonds is 5. The van der Waals surface area contributed by atoms with Crippen molar-refractivity contribution < 1.29 is 4.79 Å². The van der Waals surface area contributed by atoms with Crippen molar-refractivity contribution in [3.05, 3.63) is 29.3 Å². The number of anilines is 1. The number of guanidine groups is 1. The monoisotopic (exact) mass is 351 g/mol. The molecule has 2 N–H and O–H groups in total. The molecule has 0 atom stereocenters. The normalized spacial score (nSPS) is 15.4. The zero-order chi connectivity index (χ0) is 17.4. The van der Waals surface area contributed by atoms with Crippen molar-refractivity contribution in [2.45, 2.75) is 13.8 Å². The molecule has 1 heterocycles. The Balaban J connectivity index is 1.94. The number of likely N-dealkylation sites (N-methyl/N-ethyl adjacent to an activating group) is 1. The van der Waals surface area contributed by atoms with E-state index in [2.05, 4.69) is 31.5 Å². The maximum absolute atomic E-state index is 11.6. The van der Waals surface area contributed by atoms with Crippen molar-refractivity contribution in [3.8, 4) is 0 Å². The highest BCUT2D eigenvalue weighted by atomic mass is 35.5. The molecule has 0 aliphatic carbocycles. The van der Waals surface area contributed by atoms with Crippen LogP contribution < -0.4 is 15.5 Å². The number of amides is 1. The van der Waals surface area contributed by atoms with Crippen LogP contribution in [0.4, 0.5) is 5.69 Å². The van der Waals surface area contributed by atoms with Crippen molar-refractivity contribution in [1.82, 2.24) is 15.5 Å². The molecule has 0 bridgehead atoms. The Kier molecular flexibility index (Phi) is 7.18. The first-order chi connectivity index (χ1) is 11.6. The molecule has 1 aliphatic rings. The molecule has 1 amide bonds. The van der Waals surface area contributed by atoms with E-state index in [1.54, 1.807) is 0 Å². The first kappa shape index (κ1) is 18.4. The van der Waals surface area contributed by atoms with Crippen LogP contribution in [0.25, 0.3) is 0 Å².